The molecule has 0 aliphatic rings. The molecular formula is C11H16F3N3O2S. The molecule has 0 bridgehead atoms. The second kappa shape index (κ2) is 8.62. The van der Waals surface area contributed by atoms with Gasteiger partial charge in [0.2, 0.25) is 0 Å². The minimum Gasteiger partial charge on any atom is -0.462 e. The fraction of sp³-hybridized carbons (Fsp3) is 0.545. The van der Waals surface area contributed by atoms with Crippen molar-refractivity contribution in [2.24, 2.45) is 0 Å². The first-order valence-corrected chi connectivity index (χ1v) is 6.88. The van der Waals surface area contributed by atoms with Crippen LogP contribution in [0.3, 0.4) is 0 Å². The second-order valence-electron chi connectivity index (χ2n) is 3.34. The van der Waals surface area contributed by atoms with Crippen molar-refractivity contribution in [1.82, 2.24) is 9.97 Å². The molecule has 0 aliphatic heterocycles. The van der Waals surface area contributed by atoms with E-state index in [0.717, 1.165) is 6.92 Å². The van der Waals surface area contributed by atoms with Crippen molar-refractivity contribution >= 4 is 23.5 Å². The number of hydrogen-bond donors (Lipinski definition) is 1. The topological polar surface area (TPSA) is 78.1 Å². The van der Waals surface area contributed by atoms with Crippen LogP contribution in [0.2, 0.25) is 0 Å². The quantitative estimate of drug-likeness (QED) is 0.525. The molecule has 0 aliphatic carbocycles. The van der Waals surface area contributed by atoms with Gasteiger partial charge in [-0.05, 0) is 13.2 Å². The molecule has 114 valence electrons. The van der Waals surface area contributed by atoms with E-state index in [2.05, 4.69) is 9.97 Å². The Morgan fingerprint density at radius 2 is 2.00 bits per heavy atom. The van der Waals surface area contributed by atoms with Gasteiger partial charge in [-0.2, -0.15) is 13.2 Å². The summed E-state index contributed by atoms with van der Waals surface area (Å²) in [5, 5.41) is 0.538. The van der Waals surface area contributed by atoms with E-state index in [9.17, 15) is 18.0 Å². The number of hydrogen-bond acceptors (Lipinski definition) is 6. The monoisotopic (exact) mass is 311 g/mol. The van der Waals surface area contributed by atoms with Crippen LogP contribution in [0.15, 0.2) is 11.4 Å². The van der Waals surface area contributed by atoms with Crippen molar-refractivity contribution in [3.8, 4) is 0 Å². The van der Waals surface area contributed by atoms with Gasteiger partial charge < -0.3 is 10.5 Å². The van der Waals surface area contributed by atoms with Gasteiger partial charge in [0.25, 0.3) is 0 Å². The second-order valence-corrected chi connectivity index (χ2v) is 4.12. The molecule has 1 aromatic heterocycles. The first kappa shape index (κ1) is 18.5. The van der Waals surface area contributed by atoms with E-state index in [0.29, 0.717) is 11.8 Å². The normalized spacial score (nSPS) is 10.5. The summed E-state index contributed by atoms with van der Waals surface area (Å²) in [4.78, 5) is 19.1. The van der Waals surface area contributed by atoms with E-state index in [4.69, 9.17) is 10.5 Å². The molecule has 0 atom stereocenters. The number of anilines is 1. The maximum atomic E-state index is 11.3. The maximum Gasteiger partial charge on any atom is 0.388 e. The lowest BCUT2D eigenvalue weighted by atomic mass is 10.3. The minimum atomic E-state index is -3.96. The van der Waals surface area contributed by atoms with Crippen molar-refractivity contribution in [2.75, 3.05) is 18.6 Å². The summed E-state index contributed by atoms with van der Waals surface area (Å²) in [6.07, 6.45) is -1.47. The lowest BCUT2D eigenvalue weighted by molar-refractivity contribution is -0.130. The highest BCUT2D eigenvalue weighted by Crippen LogP contribution is 2.17. The summed E-state index contributed by atoms with van der Waals surface area (Å²) in [7, 11) is 0. The number of alkyl halides is 3. The summed E-state index contributed by atoms with van der Waals surface area (Å²) in [6, 6.07) is 0. The van der Waals surface area contributed by atoms with Crippen LogP contribution >= 0.6 is 11.8 Å². The third kappa shape index (κ3) is 7.17. The molecule has 0 saturated carbocycles. The van der Waals surface area contributed by atoms with Gasteiger partial charge in [0, 0.05) is 12.6 Å². The lowest BCUT2D eigenvalue weighted by Gasteiger charge is -2.04. The number of esters is 1. The van der Waals surface area contributed by atoms with Gasteiger partial charge in [-0.25, -0.2) is 14.8 Å². The molecule has 2 N–H and O–H groups in total. The number of thioether (sulfide) groups is 1. The predicted molar refractivity (Wildman–Crippen MR) is 70.5 cm³/mol. The van der Waals surface area contributed by atoms with Crippen molar-refractivity contribution in [1.29, 1.82) is 0 Å². The zero-order chi connectivity index (χ0) is 15.8. The van der Waals surface area contributed by atoms with Crippen LogP contribution < -0.4 is 5.73 Å². The number of rotatable bonds is 3. The van der Waals surface area contributed by atoms with Crippen LogP contribution in [0.4, 0.5) is 19.0 Å². The largest absolute Gasteiger partial charge is 0.462 e. The van der Waals surface area contributed by atoms with Gasteiger partial charge in [0.05, 0.1) is 6.61 Å². The summed E-state index contributed by atoms with van der Waals surface area (Å²) in [6.45, 7) is 3.12. The molecule has 1 aromatic rings. The average molecular weight is 311 g/mol. The standard InChI is InChI=1S/C8H11N3O2S.C3H5F3/c1-3-13-7(12)5-4-10-8(14-2)11-6(5)9;1-2-3(4,5)6/h4H,3H2,1-2H3,(H2,9,10,11);2H2,1H3. The van der Waals surface area contributed by atoms with Gasteiger partial charge in [-0.3, -0.25) is 0 Å². The highest BCUT2D eigenvalue weighted by atomic mass is 32.2. The zero-order valence-electron chi connectivity index (χ0n) is 11.3. The molecule has 0 unspecified atom stereocenters. The average Bonchev–Trinajstić information content (AvgIpc) is 2.38. The molecule has 0 amide bonds. The van der Waals surface area contributed by atoms with Crippen LogP contribution in [0.5, 0.6) is 0 Å². The van der Waals surface area contributed by atoms with Crippen molar-refractivity contribution in [2.45, 2.75) is 31.6 Å². The first-order chi connectivity index (χ1) is 9.25. The summed E-state index contributed by atoms with van der Waals surface area (Å²) in [5.41, 5.74) is 5.78. The Morgan fingerprint density at radius 3 is 2.35 bits per heavy atom. The molecule has 20 heavy (non-hydrogen) atoms. The molecule has 9 heteroatoms. The predicted octanol–water partition coefficient (Wildman–Crippen LogP) is 2.92. The number of aromatic nitrogens is 2. The first-order valence-electron chi connectivity index (χ1n) is 5.65. The van der Waals surface area contributed by atoms with Crippen LogP contribution in [-0.4, -0.2) is 35.0 Å². The number of nitrogens with zero attached hydrogens (tertiary/aromatic N) is 2. The van der Waals surface area contributed by atoms with Crippen molar-refractivity contribution in [3.05, 3.63) is 11.8 Å². The van der Waals surface area contributed by atoms with Gasteiger partial charge in [-0.1, -0.05) is 18.7 Å². The number of carbonyl (C=O) groups excluding carboxylic acids is 1. The van der Waals surface area contributed by atoms with Gasteiger partial charge in [0.15, 0.2) is 5.16 Å². The van der Waals surface area contributed by atoms with E-state index in [-0.39, 0.29) is 11.4 Å². The van der Waals surface area contributed by atoms with E-state index in [1.165, 1.54) is 18.0 Å². The Labute approximate surface area is 119 Å². The van der Waals surface area contributed by atoms with E-state index in [1.54, 1.807) is 6.92 Å². The maximum absolute atomic E-state index is 11.3. The van der Waals surface area contributed by atoms with Crippen LogP contribution in [-0.2, 0) is 4.74 Å². The van der Waals surface area contributed by atoms with Gasteiger partial charge in [-0.15, -0.1) is 0 Å². The minimum absolute atomic E-state index is 0.155. The van der Waals surface area contributed by atoms with Crippen molar-refractivity contribution < 1.29 is 22.7 Å². The Kier molecular flexibility index (Phi) is 7.97. The van der Waals surface area contributed by atoms with Crippen LogP contribution in [0, 0.1) is 0 Å². The summed E-state index contributed by atoms with van der Waals surface area (Å²) < 4.78 is 37.1. The number of ether oxygens (including phenoxy) is 1. The lowest BCUT2D eigenvalue weighted by Crippen LogP contribution is -2.10. The molecular weight excluding hydrogens is 295 g/mol. The Morgan fingerprint density at radius 1 is 1.45 bits per heavy atom. The van der Waals surface area contributed by atoms with E-state index < -0.39 is 18.6 Å². The van der Waals surface area contributed by atoms with Crippen LogP contribution in [0.1, 0.15) is 30.6 Å². The third-order valence-electron chi connectivity index (χ3n) is 1.87. The number of nitrogens with two attached hydrogens (primary N) is 1. The SMILES string of the molecule is CCC(F)(F)F.CCOC(=O)c1cnc(SC)nc1N. The molecule has 1 heterocycles. The number of halogens is 3. The number of nitrogen functional groups attached to an aromatic ring is 1. The highest BCUT2D eigenvalue weighted by molar-refractivity contribution is 7.98. The molecule has 5 nitrogen and oxygen atoms in total. The van der Waals surface area contributed by atoms with Crippen LogP contribution in [0.25, 0.3) is 0 Å². The fourth-order valence-electron chi connectivity index (χ4n) is 0.843. The molecule has 0 fully saturated rings. The summed E-state index contributed by atoms with van der Waals surface area (Å²) in [5.74, 6) is -0.333. The highest BCUT2D eigenvalue weighted by Gasteiger charge is 2.22. The smallest absolute Gasteiger partial charge is 0.388 e. The molecule has 0 aromatic carbocycles. The van der Waals surface area contributed by atoms with E-state index >= 15 is 0 Å². The zero-order valence-corrected chi connectivity index (χ0v) is 12.1. The fourth-order valence-corrected chi connectivity index (χ4v) is 1.19. The van der Waals surface area contributed by atoms with E-state index in [1.807, 2.05) is 6.26 Å². The molecule has 0 radical (unpaired) electrons. The van der Waals surface area contributed by atoms with Gasteiger partial charge in [0.1, 0.15) is 11.4 Å². The molecule has 0 saturated heterocycles. The molecule has 1 rings (SSSR count). The number of carbonyl (C=O) groups is 1. The van der Waals surface area contributed by atoms with Crippen molar-refractivity contribution in [3.63, 3.8) is 0 Å². The third-order valence-corrected chi connectivity index (χ3v) is 2.44. The Balaban J connectivity index is 0.000000511. The molecule has 0 spiro atoms. The van der Waals surface area contributed by atoms with Gasteiger partial charge >= 0.3 is 12.1 Å². The summed E-state index contributed by atoms with van der Waals surface area (Å²) >= 11 is 1.36. The Bertz CT molecular complexity index is 441. The Hall–Kier alpha value is -1.51.